The molecule has 8 heteroatoms. The molecule has 1 aromatic carbocycles. The van der Waals surface area contributed by atoms with Crippen LogP contribution < -0.4 is 0 Å². The fourth-order valence-electron chi connectivity index (χ4n) is 3.59. The maximum absolute atomic E-state index is 15.4. The summed E-state index contributed by atoms with van der Waals surface area (Å²) in [5.74, 6) is 0.0251. The third-order valence-electron chi connectivity index (χ3n) is 5.25. The molecule has 2 aliphatic heterocycles. The number of aromatic nitrogens is 2. The summed E-state index contributed by atoms with van der Waals surface area (Å²) in [4.78, 5) is 18.2. The van der Waals surface area contributed by atoms with Gasteiger partial charge in [0.2, 0.25) is 11.6 Å². The Morgan fingerprint density at radius 3 is 2.74 bits per heavy atom. The van der Waals surface area contributed by atoms with Gasteiger partial charge in [-0.25, -0.2) is 8.78 Å². The van der Waals surface area contributed by atoms with Crippen LogP contribution in [-0.2, 0) is 21.6 Å². The standard InChI is InChI=1S/C19H21F2N3O3/c20-15-3-1-13(2-4-15)11-16(25)24-8-7-19(21,12-24)18-22-17(23-27-18)14-5-9-26-10-6-14/h1-4,14H,5-12H2. The molecule has 3 heterocycles. The highest BCUT2D eigenvalue weighted by Gasteiger charge is 2.46. The molecule has 2 fully saturated rings. The largest absolute Gasteiger partial charge is 0.381 e. The van der Waals surface area contributed by atoms with Crippen LogP contribution in [0.15, 0.2) is 28.8 Å². The van der Waals surface area contributed by atoms with E-state index in [0.29, 0.717) is 24.6 Å². The summed E-state index contributed by atoms with van der Waals surface area (Å²) in [6, 6.07) is 5.74. The van der Waals surface area contributed by atoms with Crippen LogP contribution in [0.2, 0.25) is 0 Å². The SMILES string of the molecule is O=C(Cc1ccc(F)cc1)N1CCC(F)(c2nc(C3CCOCC3)no2)C1. The highest BCUT2D eigenvalue weighted by molar-refractivity contribution is 5.79. The number of alkyl halides is 1. The number of rotatable bonds is 4. The smallest absolute Gasteiger partial charge is 0.266 e. The van der Waals surface area contributed by atoms with Crippen molar-refractivity contribution in [3.63, 3.8) is 0 Å². The van der Waals surface area contributed by atoms with Crippen LogP contribution >= 0.6 is 0 Å². The van der Waals surface area contributed by atoms with E-state index in [1.54, 1.807) is 12.1 Å². The molecule has 4 rings (SSSR count). The second kappa shape index (κ2) is 7.34. The van der Waals surface area contributed by atoms with E-state index in [1.165, 1.54) is 17.0 Å². The van der Waals surface area contributed by atoms with Crippen molar-refractivity contribution in [1.29, 1.82) is 0 Å². The van der Waals surface area contributed by atoms with Gasteiger partial charge in [0.25, 0.3) is 5.89 Å². The van der Waals surface area contributed by atoms with Gasteiger partial charge in [-0.3, -0.25) is 4.79 Å². The molecule has 27 heavy (non-hydrogen) atoms. The Morgan fingerprint density at radius 1 is 1.26 bits per heavy atom. The minimum absolute atomic E-state index is 0.0546. The Kier molecular flexibility index (Phi) is 4.90. The van der Waals surface area contributed by atoms with Gasteiger partial charge in [-0.2, -0.15) is 4.98 Å². The van der Waals surface area contributed by atoms with E-state index in [4.69, 9.17) is 9.26 Å². The second-order valence-corrected chi connectivity index (χ2v) is 7.18. The summed E-state index contributed by atoms with van der Waals surface area (Å²) >= 11 is 0. The number of ether oxygens (including phenoxy) is 1. The first-order valence-corrected chi connectivity index (χ1v) is 9.16. The van der Waals surface area contributed by atoms with Crippen molar-refractivity contribution < 1.29 is 22.8 Å². The number of amides is 1. The summed E-state index contributed by atoms with van der Waals surface area (Å²) in [5, 5.41) is 3.95. The van der Waals surface area contributed by atoms with E-state index in [9.17, 15) is 9.18 Å². The molecule has 2 saturated heterocycles. The van der Waals surface area contributed by atoms with E-state index < -0.39 is 5.67 Å². The van der Waals surface area contributed by atoms with E-state index in [0.717, 1.165) is 12.8 Å². The van der Waals surface area contributed by atoms with Gasteiger partial charge < -0.3 is 14.2 Å². The highest BCUT2D eigenvalue weighted by atomic mass is 19.1. The number of carbonyl (C=O) groups is 1. The number of nitrogens with zero attached hydrogens (tertiary/aromatic N) is 3. The molecule has 0 bridgehead atoms. The fourth-order valence-corrected chi connectivity index (χ4v) is 3.59. The number of hydrogen-bond acceptors (Lipinski definition) is 5. The number of halogens is 2. The molecular formula is C19H21F2N3O3. The third-order valence-corrected chi connectivity index (χ3v) is 5.25. The van der Waals surface area contributed by atoms with E-state index >= 15 is 4.39 Å². The zero-order chi connectivity index (χ0) is 18.9. The quantitative estimate of drug-likeness (QED) is 0.820. The van der Waals surface area contributed by atoms with Gasteiger partial charge >= 0.3 is 0 Å². The first kappa shape index (κ1) is 18.0. The summed E-state index contributed by atoms with van der Waals surface area (Å²) in [6.45, 7) is 1.45. The lowest BCUT2D eigenvalue weighted by molar-refractivity contribution is -0.130. The van der Waals surface area contributed by atoms with E-state index in [1.807, 2.05) is 0 Å². The molecule has 0 radical (unpaired) electrons. The van der Waals surface area contributed by atoms with Crippen molar-refractivity contribution in [2.24, 2.45) is 0 Å². The number of carbonyl (C=O) groups excluding carboxylic acids is 1. The Morgan fingerprint density at radius 2 is 2.00 bits per heavy atom. The third kappa shape index (κ3) is 3.85. The molecule has 2 aliphatic rings. The zero-order valence-corrected chi connectivity index (χ0v) is 14.9. The molecule has 0 aliphatic carbocycles. The molecule has 1 atom stereocenters. The average Bonchev–Trinajstić information content (AvgIpc) is 3.33. The summed E-state index contributed by atoms with van der Waals surface area (Å²) < 4.78 is 38.9. The summed E-state index contributed by atoms with van der Waals surface area (Å²) in [5.41, 5.74) is -1.13. The van der Waals surface area contributed by atoms with Gasteiger partial charge in [0.1, 0.15) is 5.82 Å². The minimum atomic E-state index is -1.82. The van der Waals surface area contributed by atoms with Gasteiger partial charge in [-0.1, -0.05) is 17.3 Å². The van der Waals surface area contributed by atoms with Crippen molar-refractivity contribution in [2.75, 3.05) is 26.3 Å². The molecular weight excluding hydrogens is 356 g/mol. The van der Waals surface area contributed by atoms with E-state index in [-0.39, 0.29) is 49.5 Å². The Bertz CT molecular complexity index is 805. The average molecular weight is 377 g/mol. The molecule has 1 amide bonds. The lowest BCUT2D eigenvalue weighted by atomic mass is 9.99. The molecule has 2 aromatic rings. The summed E-state index contributed by atoms with van der Waals surface area (Å²) in [6.07, 6.45) is 1.81. The molecule has 0 N–H and O–H groups in total. The van der Waals surface area contributed by atoms with Crippen molar-refractivity contribution in [3.8, 4) is 0 Å². The van der Waals surface area contributed by atoms with Crippen LogP contribution in [0, 0.1) is 5.82 Å². The molecule has 144 valence electrons. The predicted molar refractivity (Wildman–Crippen MR) is 91.2 cm³/mol. The molecule has 0 spiro atoms. The summed E-state index contributed by atoms with van der Waals surface area (Å²) in [7, 11) is 0. The van der Waals surface area contributed by atoms with Gasteiger partial charge in [0.05, 0.1) is 13.0 Å². The van der Waals surface area contributed by atoms with Gasteiger partial charge in [0, 0.05) is 32.1 Å². The van der Waals surface area contributed by atoms with Crippen molar-refractivity contribution in [1.82, 2.24) is 15.0 Å². The first-order chi connectivity index (χ1) is 13.0. The van der Waals surface area contributed by atoms with Gasteiger partial charge in [0.15, 0.2) is 5.82 Å². The second-order valence-electron chi connectivity index (χ2n) is 7.18. The van der Waals surface area contributed by atoms with Crippen LogP contribution in [0.1, 0.15) is 42.5 Å². The Balaban J connectivity index is 1.40. The monoisotopic (exact) mass is 377 g/mol. The zero-order valence-electron chi connectivity index (χ0n) is 14.9. The minimum Gasteiger partial charge on any atom is -0.381 e. The van der Waals surface area contributed by atoms with E-state index in [2.05, 4.69) is 10.1 Å². The lowest BCUT2D eigenvalue weighted by Gasteiger charge is -2.19. The van der Waals surface area contributed by atoms with Crippen LogP contribution in [0.4, 0.5) is 8.78 Å². The highest BCUT2D eigenvalue weighted by Crippen LogP contribution is 2.36. The van der Waals surface area contributed by atoms with Gasteiger partial charge in [-0.05, 0) is 30.5 Å². The van der Waals surface area contributed by atoms with Crippen LogP contribution in [0.25, 0.3) is 0 Å². The predicted octanol–water partition coefficient (Wildman–Crippen LogP) is 2.74. The topological polar surface area (TPSA) is 68.5 Å². The Hall–Kier alpha value is -2.35. The van der Waals surface area contributed by atoms with Crippen molar-refractivity contribution in [3.05, 3.63) is 47.4 Å². The Labute approximate surface area is 155 Å². The molecule has 1 aromatic heterocycles. The normalized spacial score (nSPS) is 23.7. The van der Waals surface area contributed by atoms with Crippen LogP contribution in [0.3, 0.4) is 0 Å². The van der Waals surface area contributed by atoms with Gasteiger partial charge in [-0.15, -0.1) is 0 Å². The maximum Gasteiger partial charge on any atom is 0.266 e. The lowest BCUT2D eigenvalue weighted by Crippen LogP contribution is -2.33. The first-order valence-electron chi connectivity index (χ1n) is 9.16. The van der Waals surface area contributed by atoms with Crippen molar-refractivity contribution in [2.45, 2.75) is 37.3 Å². The molecule has 0 saturated carbocycles. The fraction of sp³-hybridized carbons (Fsp3) is 0.526. The number of hydrogen-bond donors (Lipinski definition) is 0. The molecule has 6 nitrogen and oxygen atoms in total. The van der Waals surface area contributed by atoms with Crippen LogP contribution in [-0.4, -0.2) is 47.3 Å². The van der Waals surface area contributed by atoms with Crippen molar-refractivity contribution >= 4 is 5.91 Å². The maximum atomic E-state index is 15.4. The molecule has 1 unspecified atom stereocenters. The number of likely N-dealkylation sites (tertiary alicyclic amines) is 1. The number of benzene rings is 1. The van der Waals surface area contributed by atoms with Crippen LogP contribution in [0.5, 0.6) is 0 Å².